The van der Waals surface area contributed by atoms with Crippen LogP contribution in [0.15, 0.2) is 77.5 Å². The zero-order valence-corrected chi connectivity index (χ0v) is 21.9. The second kappa shape index (κ2) is 13.9. The molecule has 2 heterocycles. The Balaban J connectivity index is 2.04. The molecule has 3 aromatic rings. The maximum atomic E-state index is 12.9. The number of furan rings is 1. The molecule has 0 saturated heterocycles. The molecule has 2 aromatic heterocycles. The molecule has 0 fully saturated rings. The Bertz CT molecular complexity index is 1280. The summed E-state index contributed by atoms with van der Waals surface area (Å²) in [4.78, 5) is 29.1. The van der Waals surface area contributed by atoms with E-state index in [0.29, 0.717) is 34.0 Å². The molecule has 0 aliphatic heterocycles. The Hall–Kier alpha value is -4.17. The first-order valence-electron chi connectivity index (χ1n) is 12.4. The summed E-state index contributed by atoms with van der Waals surface area (Å²) in [6.45, 7) is 6.12. The van der Waals surface area contributed by atoms with E-state index >= 15 is 0 Å². The van der Waals surface area contributed by atoms with Crippen molar-refractivity contribution in [3.8, 4) is 5.75 Å². The van der Waals surface area contributed by atoms with Gasteiger partial charge in [0.2, 0.25) is 0 Å². The fourth-order valence-corrected chi connectivity index (χ4v) is 3.92. The van der Waals surface area contributed by atoms with E-state index in [0.717, 1.165) is 30.4 Å². The molecule has 0 unspecified atom stereocenters. The van der Waals surface area contributed by atoms with Gasteiger partial charge in [-0.1, -0.05) is 26.0 Å². The number of hydrogen-bond donors (Lipinski definition) is 1. The van der Waals surface area contributed by atoms with Crippen LogP contribution in [0.3, 0.4) is 0 Å². The van der Waals surface area contributed by atoms with E-state index in [1.165, 1.54) is 19.5 Å². The number of carbonyl (C=O) groups is 2. The number of aromatic nitrogens is 1. The third-order valence-corrected chi connectivity index (χ3v) is 5.98. The molecule has 0 radical (unpaired) electrons. The Morgan fingerprint density at radius 3 is 2.47 bits per heavy atom. The number of carbonyl (C=O) groups excluding carboxylic acids is 2. The second-order valence-corrected chi connectivity index (χ2v) is 8.56. The molecule has 1 atom stereocenters. The van der Waals surface area contributed by atoms with Crippen LogP contribution in [0.4, 0.5) is 0 Å². The summed E-state index contributed by atoms with van der Waals surface area (Å²) in [6.07, 6.45) is 7.01. The highest BCUT2D eigenvalue weighted by molar-refractivity contribution is 5.92. The molecule has 8 heteroatoms. The van der Waals surface area contributed by atoms with E-state index in [-0.39, 0.29) is 13.0 Å². The summed E-state index contributed by atoms with van der Waals surface area (Å²) in [7, 11) is 2.89. The number of aliphatic hydroxyl groups excluding tert-OH is 1. The number of unbranched alkanes of at least 4 members (excludes halogenated alkanes) is 1. The molecular weight excluding hydrogens is 486 g/mol. The Morgan fingerprint density at radius 1 is 1.08 bits per heavy atom. The van der Waals surface area contributed by atoms with E-state index in [4.69, 9.17) is 18.6 Å². The van der Waals surface area contributed by atoms with Gasteiger partial charge >= 0.3 is 11.9 Å². The zero-order valence-electron chi connectivity index (χ0n) is 21.9. The average Bonchev–Trinajstić information content (AvgIpc) is 3.44. The maximum Gasteiger partial charge on any atom is 0.338 e. The standard InChI is InChI=1S/C30H33NO7/c1-5-6-7-20(2)24(25-18-22(29(33)36-4)8-11-26(25)35-3)10-13-28(27-12-9-23(19-32)37-27)38-30(34)21-14-16-31-17-15-21/h8-12,14-18,28,32H,2,5-7,13,19H2,1,3-4H3/b24-10-/t28-/m1/s1. The highest BCUT2D eigenvalue weighted by Gasteiger charge is 2.23. The van der Waals surface area contributed by atoms with Gasteiger partial charge in [-0.15, -0.1) is 0 Å². The number of allylic oxidation sites excluding steroid dienone is 2. The number of methoxy groups -OCH3 is 2. The summed E-state index contributed by atoms with van der Waals surface area (Å²) in [5.74, 6) is 0.302. The molecule has 0 aliphatic rings. The van der Waals surface area contributed by atoms with Gasteiger partial charge in [0, 0.05) is 24.4 Å². The molecule has 0 saturated carbocycles. The third-order valence-electron chi connectivity index (χ3n) is 5.98. The van der Waals surface area contributed by atoms with Gasteiger partial charge in [0.25, 0.3) is 0 Å². The molecule has 200 valence electrons. The maximum absolute atomic E-state index is 12.9. The van der Waals surface area contributed by atoms with Crippen LogP contribution in [-0.4, -0.2) is 36.2 Å². The summed E-state index contributed by atoms with van der Waals surface area (Å²) >= 11 is 0. The van der Waals surface area contributed by atoms with Crippen molar-refractivity contribution in [3.63, 3.8) is 0 Å². The Kier molecular flexibility index (Phi) is 10.4. The lowest BCUT2D eigenvalue weighted by Gasteiger charge is -2.19. The van der Waals surface area contributed by atoms with Crippen molar-refractivity contribution in [2.75, 3.05) is 14.2 Å². The van der Waals surface area contributed by atoms with Crippen LogP contribution in [0.2, 0.25) is 0 Å². The number of benzene rings is 1. The summed E-state index contributed by atoms with van der Waals surface area (Å²) in [5, 5.41) is 9.48. The number of esters is 2. The number of rotatable bonds is 13. The van der Waals surface area contributed by atoms with Gasteiger partial charge in [-0.2, -0.15) is 0 Å². The Labute approximate surface area is 222 Å². The minimum Gasteiger partial charge on any atom is -0.496 e. The average molecular weight is 520 g/mol. The van der Waals surface area contributed by atoms with Crippen molar-refractivity contribution in [3.05, 3.63) is 101 Å². The minimum atomic E-state index is -0.792. The predicted molar refractivity (Wildman–Crippen MR) is 143 cm³/mol. The van der Waals surface area contributed by atoms with Crippen molar-refractivity contribution in [2.45, 2.75) is 45.3 Å². The van der Waals surface area contributed by atoms with Gasteiger partial charge in [-0.05, 0) is 66.5 Å². The van der Waals surface area contributed by atoms with E-state index in [1.807, 2.05) is 6.08 Å². The highest BCUT2D eigenvalue weighted by atomic mass is 16.6. The highest BCUT2D eigenvalue weighted by Crippen LogP contribution is 2.36. The number of aliphatic hydroxyl groups is 1. The molecule has 0 aliphatic carbocycles. The van der Waals surface area contributed by atoms with Crippen molar-refractivity contribution in [1.82, 2.24) is 4.98 Å². The Morgan fingerprint density at radius 2 is 1.84 bits per heavy atom. The van der Waals surface area contributed by atoms with Gasteiger partial charge in [0.05, 0.1) is 25.3 Å². The summed E-state index contributed by atoms with van der Waals surface area (Å²) in [5.41, 5.74) is 3.01. The summed E-state index contributed by atoms with van der Waals surface area (Å²) in [6, 6.07) is 11.5. The van der Waals surface area contributed by atoms with Crippen LogP contribution in [0.1, 0.15) is 76.5 Å². The second-order valence-electron chi connectivity index (χ2n) is 8.56. The molecule has 0 spiro atoms. The zero-order chi connectivity index (χ0) is 27.5. The molecule has 0 amide bonds. The SMILES string of the molecule is C=C(CCCC)/C(=C/C[C@@H](OC(=O)c1ccncc1)c1ccc(CO)o1)c1cc(C(=O)OC)ccc1OC. The molecule has 8 nitrogen and oxygen atoms in total. The van der Waals surface area contributed by atoms with Crippen LogP contribution < -0.4 is 4.74 Å². The minimum absolute atomic E-state index is 0.237. The van der Waals surface area contributed by atoms with E-state index in [2.05, 4.69) is 18.5 Å². The van der Waals surface area contributed by atoms with Crippen molar-refractivity contribution >= 4 is 17.5 Å². The van der Waals surface area contributed by atoms with Gasteiger partial charge in [0.15, 0.2) is 6.10 Å². The van der Waals surface area contributed by atoms with Crippen LogP contribution >= 0.6 is 0 Å². The molecular formula is C30H33NO7. The quantitative estimate of drug-likeness (QED) is 0.214. The fourth-order valence-electron chi connectivity index (χ4n) is 3.92. The number of pyridine rings is 1. The van der Waals surface area contributed by atoms with Gasteiger partial charge in [-0.3, -0.25) is 4.98 Å². The van der Waals surface area contributed by atoms with Crippen LogP contribution in [-0.2, 0) is 16.1 Å². The smallest absolute Gasteiger partial charge is 0.338 e. The number of hydrogen-bond acceptors (Lipinski definition) is 8. The van der Waals surface area contributed by atoms with Crippen LogP contribution in [0.25, 0.3) is 5.57 Å². The summed E-state index contributed by atoms with van der Waals surface area (Å²) < 4.78 is 22.1. The van der Waals surface area contributed by atoms with E-state index in [9.17, 15) is 14.7 Å². The first-order chi connectivity index (χ1) is 18.4. The predicted octanol–water partition coefficient (Wildman–Crippen LogP) is 6.08. The molecule has 3 rings (SSSR count). The largest absolute Gasteiger partial charge is 0.496 e. The lowest BCUT2D eigenvalue weighted by molar-refractivity contribution is 0.0246. The third kappa shape index (κ3) is 7.20. The molecule has 38 heavy (non-hydrogen) atoms. The molecule has 1 N–H and O–H groups in total. The number of nitrogens with zero attached hydrogens (tertiary/aromatic N) is 1. The normalized spacial score (nSPS) is 12.1. The topological polar surface area (TPSA) is 108 Å². The molecule has 1 aromatic carbocycles. The lowest BCUT2D eigenvalue weighted by Crippen LogP contribution is -2.11. The lowest BCUT2D eigenvalue weighted by atomic mass is 9.91. The van der Waals surface area contributed by atoms with Crippen LogP contribution in [0.5, 0.6) is 5.75 Å². The van der Waals surface area contributed by atoms with Crippen molar-refractivity contribution in [1.29, 1.82) is 0 Å². The van der Waals surface area contributed by atoms with Crippen molar-refractivity contribution in [2.24, 2.45) is 0 Å². The van der Waals surface area contributed by atoms with Gasteiger partial charge < -0.3 is 23.7 Å². The van der Waals surface area contributed by atoms with Gasteiger partial charge in [0.1, 0.15) is 23.9 Å². The van der Waals surface area contributed by atoms with Gasteiger partial charge in [-0.25, -0.2) is 9.59 Å². The first kappa shape index (κ1) is 28.4. The fraction of sp³-hybridized carbons (Fsp3) is 0.300. The first-order valence-corrected chi connectivity index (χ1v) is 12.4. The van der Waals surface area contributed by atoms with Crippen molar-refractivity contribution < 1.29 is 33.3 Å². The van der Waals surface area contributed by atoms with E-state index in [1.54, 1.807) is 49.6 Å². The monoisotopic (exact) mass is 519 g/mol. The molecule has 0 bridgehead atoms. The number of ether oxygens (including phenoxy) is 3. The van der Waals surface area contributed by atoms with Crippen LogP contribution in [0, 0.1) is 0 Å². The van der Waals surface area contributed by atoms with E-state index < -0.39 is 18.0 Å².